The molecule has 0 aromatic heterocycles. The predicted octanol–water partition coefficient (Wildman–Crippen LogP) is 0.430. The highest BCUT2D eigenvalue weighted by molar-refractivity contribution is 6.12. The van der Waals surface area contributed by atoms with E-state index in [1.807, 2.05) is 18.2 Å². The second-order valence-corrected chi connectivity index (χ2v) is 4.14. The Morgan fingerprint density at radius 2 is 2.18 bits per heavy atom. The average molecular weight is 233 g/mol. The van der Waals surface area contributed by atoms with E-state index in [-0.39, 0.29) is 5.91 Å². The van der Waals surface area contributed by atoms with Gasteiger partial charge >= 0.3 is 5.97 Å². The van der Waals surface area contributed by atoms with Gasteiger partial charge in [0, 0.05) is 12.6 Å². The van der Waals surface area contributed by atoms with Crippen molar-refractivity contribution in [3.63, 3.8) is 0 Å². The first-order valence-corrected chi connectivity index (χ1v) is 5.26. The van der Waals surface area contributed by atoms with Crippen LogP contribution in [0.4, 0.5) is 5.69 Å². The summed E-state index contributed by atoms with van der Waals surface area (Å²) in [6.45, 7) is 0. The zero-order chi connectivity index (χ0) is 12.2. The number of carbonyl (C=O) groups is 2. The van der Waals surface area contributed by atoms with Crippen molar-refractivity contribution in [2.75, 3.05) is 19.1 Å². The normalized spacial score (nSPS) is 29.4. The maximum absolute atomic E-state index is 12.2. The molecule has 2 heterocycles. The molecule has 1 amide bonds. The van der Waals surface area contributed by atoms with E-state index in [1.54, 1.807) is 13.1 Å². The minimum absolute atomic E-state index is 0.214. The van der Waals surface area contributed by atoms with E-state index < -0.39 is 17.7 Å². The fourth-order valence-electron chi connectivity index (χ4n) is 2.39. The minimum atomic E-state index is -1.14. The Morgan fingerprint density at radius 1 is 1.47 bits per heavy atom. The van der Waals surface area contributed by atoms with Crippen LogP contribution in [0.3, 0.4) is 0 Å². The molecule has 5 heteroatoms. The quantitative estimate of drug-likeness (QED) is 0.521. The molecule has 0 N–H and O–H groups in total. The standard InChI is InChI=1S/C12H11NO4/c1-13-8-6-4-3-5-7(8)12(11(13)15)9(17-12)10(14)16-2/h3-6,9H,1-2H3/t9-,12-/m0/s1. The number of anilines is 1. The summed E-state index contributed by atoms with van der Waals surface area (Å²) < 4.78 is 9.99. The maximum Gasteiger partial charge on any atom is 0.339 e. The molecule has 2 aliphatic rings. The van der Waals surface area contributed by atoms with Crippen molar-refractivity contribution < 1.29 is 19.1 Å². The van der Waals surface area contributed by atoms with Crippen LogP contribution in [-0.2, 0) is 24.7 Å². The Bertz CT molecular complexity index is 527. The van der Waals surface area contributed by atoms with Crippen LogP contribution < -0.4 is 4.90 Å². The first-order valence-electron chi connectivity index (χ1n) is 5.26. The number of amides is 1. The van der Waals surface area contributed by atoms with Crippen molar-refractivity contribution in [1.82, 2.24) is 0 Å². The van der Waals surface area contributed by atoms with Crippen LogP contribution >= 0.6 is 0 Å². The lowest BCUT2D eigenvalue weighted by atomic mass is 9.97. The Balaban J connectivity index is 2.09. The molecule has 0 bridgehead atoms. The first-order chi connectivity index (χ1) is 8.13. The van der Waals surface area contributed by atoms with Crippen molar-refractivity contribution in [3.05, 3.63) is 29.8 Å². The molecule has 5 nitrogen and oxygen atoms in total. The van der Waals surface area contributed by atoms with E-state index >= 15 is 0 Å². The highest BCUT2D eigenvalue weighted by Gasteiger charge is 2.72. The molecule has 0 radical (unpaired) electrons. The second-order valence-electron chi connectivity index (χ2n) is 4.14. The number of rotatable bonds is 1. The van der Waals surface area contributed by atoms with Crippen molar-refractivity contribution in [2.24, 2.45) is 0 Å². The van der Waals surface area contributed by atoms with Gasteiger partial charge in [0.05, 0.1) is 12.8 Å². The van der Waals surface area contributed by atoms with E-state index in [4.69, 9.17) is 4.74 Å². The number of epoxide rings is 1. The number of benzene rings is 1. The van der Waals surface area contributed by atoms with Crippen LogP contribution in [0.2, 0.25) is 0 Å². The van der Waals surface area contributed by atoms with Crippen molar-refractivity contribution in [1.29, 1.82) is 0 Å². The van der Waals surface area contributed by atoms with Gasteiger partial charge in [-0.3, -0.25) is 4.79 Å². The molecule has 1 aromatic carbocycles. The molecule has 1 saturated heterocycles. The van der Waals surface area contributed by atoms with Gasteiger partial charge in [0.1, 0.15) is 0 Å². The summed E-state index contributed by atoms with van der Waals surface area (Å²) in [5.41, 5.74) is 0.380. The molecule has 2 aliphatic heterocycles. The number of fused-ring (bicyclic) bond motifs is 2. The summed E-state index contributed by atoms with van der Waals surface area (Å²) >= 11 is 0. The number of hydrogen-bond donors (Lipinski definition) is 0. The monoisotopic (exact) mass is 233 g/mol. The third kappa shape index (κ3) is 1.07. The molecular weight excluding hydrogens is 222 g/mol. The Kier molecular flexibility index (Phi) is 1.86. The van der Waals surface area contributed by atoms with Gasteiger partial charge in [-0.2, -0.15) is 0 Å². The van der Waals surface area contributed by atoms with Crippen LogP contribution in [-0.4, -0.2) is 32.1 Å². The SMILES string of the molecule is COC(=O)[C@@H]1O[C@]12C(=O)N(C)c1ccccc12. The molecule has 0 saturated carbocycles. The molecule has 1 spiro atoms. The van der Waals surface area contributed by atoms with Gasteiger partial charge in [-0.15, -0.1) is 0 Å². The van der Waals surface area contributed by atoms with Crippen LogP contribution in [0.25, 0.3) is 0 Å². The molecule has 17 heavy (non-hydrogen) atoms. The highest BCUT2D eigenvalue weighted by Crippen LogP contribution is 2.55. The van der Waals surface area contributed by atoms with Crippen molar-refractivity contribution >= 4 is 17.6 Å². The third-order valence-corrected chi connectivity index (χ3v) is 3.32. The number of hydrogen-bond acceptors (Lipinski definition) is 4. The first kappa shape index (κ1) is 10.3. The lowest BCUT2D eigenvalue weighted by Crippen LogP contribution is -2.32. The number of methoxy groups -OCH3 is 1. The van der Waals surface area contributed by atoms with E-state index in [1.165, 1.54) is 12.0 Å². The van der Waals surface area contributed by atoms with Crippen molar-refractivity contribution in [2.45, 2.75) is 11.7 Å². The Labute approximate surface area is 97.9 Å². The highest BCUT2D eigenvalue weighted by atomic mass is 16.7. The van der Waals surface area contributed by atoms with Crippen LogP contribution in [0, 0.1) is 0 Å². The molecule has 0 unspecified atom stereocenters. The van der Waals surface area contributed by atoms with Crippen LogP contribution in [0.15, 0.2) is 24.3 Å². The summed E-state index contributed by atoms with van der Waals surface area (Å²) in [5, 5.41) is 0. The van der Waals surface area contributed by atoms with E-state index in [9.17, 15) is 9.59 Å². The van der Waals surface area contributed by atoms with E-state index in [0.29, 0.717) is 0 Å². The van der Waals surface area contributed by atoms with E-state index in [0.717, 1.165) is 11.3 Å². The molecule has 1 fully saturated rings. The number of ether oxygens (including phenoxy) is 2. The number of carbonyl (C=O) groups excluding carboxylic acids is 2. The number of likely N-dealkylation sites (N-methyl/N-ethyl adjacent to an activating group) is 1. The van der Waals surface area contributed by atoms with Crippen molar-refractivity contribution in [3.8, 4) is 0 Å². The second kappa shape index (κ2) is 3.07. The summed E-state index contributed by atoms with van der Waals surface area (Å²) in [6, 6.07) is 7.30. The molecule has 3 rings (SSSR count). The molecular formula is C12H11NO4. The topological polar surface area (TPSA) is 59.1 Å². The zero-order valence-electron chi connectivity index (χ0n) is 9.47. The number of nitrogens with zero attached hydrogens (tertiary/aromatic N) is 1. The average Bonchev–Trinajstić information content (AvgIpc) is 3.08. The van der Waals surface area contributed by atoms with E-state index in [2.05, 4.69) is 4.74 Å². The van der Waals surface area contributed by atoms with Gasteiger partial charge in [0.2, 0.25) is 5.60 Å². The zero-order valence-corrected chi connectivity index (χ0v) is 9.47. The lowest BCUT2D eigenvalue weighted by molar-refractivity contribution is -0.142. The Morgan fingerprint density at radius 3 is 2.88 bits per heavy atom. The van der Waals surface area contributed by atoms with Crippen LogP contribution in [0.1, 0.15) is 5.56 Å². The summed E-state index contributed by atoms with van der Waals surface area (Å²) in [5.74, 6) is -0.724. The molecule has 1 aromatic rings. The smallest absolute Gasteiger partial charge is 0.339 e. The largest absolute Gasteiger partial charge is 0.467 e. The van der Waals surface area contributed by atoms with Gasteiger partial charge in [0.15, 0.2) is 6.10 Å². The fraction of sp³-hybridized carbons (Fsp3) is 0.333. The maximum atomic E-state index is 12.2. The minimum Gasteiger partial charge on any atom is -0.467 e. The van der Waals surface area contributed by atoms with Gasteiger partial charge in [-0.1, -0.05) is 18.2 Å². The fourth-order valence-corrected chi connectivity index (χ4v) is 2.39. The summed E-state index contributed by atoms with van der Waals surface area (Å²) in [4.78, 5) is 25.2. The van der Waals surface area contributed by atoms with Gasteiger partial charge in [-0.05, 0) is 6.07 Å². The third-order valence-electron chi connectivity index (χ3n) is 3.32. The van der Waals surface area contributed by atoms with Crippen LogP contribution in [0.5, 0.6) is 0 Å². The number of esters is 1. The molecule has 2 atom stereocenters. The predicted molar refractivity (Wildman–Crippen MR) is 58.4 cm³/mol. The summed E-state index contributed by atoms with van der Waals surface area (Å²) in [6.07, 6.45) is -0.814. The van der Waals surface area contributed by atoms with Gasteiger partial charge in [-0.25, -0.2) is 4.79 Å². The van der Waals surface area contributed by atoms with Gasteiger partial charge < -0.3 is 14.4 Å². The molecule has 0 aliphatic carbocycles. The summed E-state index contributed by atoms with van der Waals surface area (Å²) in [7, 11) is 2.96. The lowest BCUT2D eigenvalue weighted by Gasteiger charge is -2.08. The number of para-hydroxylation sites is 1. The molecule has 88 valence electrons. The Hall–Kier alpha value is -1.88. The van der Waals surface area contributed by atoms with Gasteiger partial charge in [0.25, 0.3) is 5.91 Å².